The maximum Gasteiger partial charge on any atom is 0.323 e. The van der Waals surface area contributed by atoms with Crippen LogP contribution in [0.4, 0.5) is 0 Å². The minimum atomic E-state index is -1.12. The van der Waals surface area contributed by atoms with Crippen LogP contribution in [0.3, 0.4) is 0 Å². The van der Waals surface area contributed by atoms with Gasteiger partial charge < -0.3 is 9.47 Å². The van der Waals surface area contributed by atoms with E-state index in [0.717, 1.165) is 51.4 Å². The number of carbonyl (C=O) groups excluding carboxylic acids is 2. The van der Waals surface area contributed by atoms with Crippen molar-refractivity contribution in [3.8, 4) is 0 Å². The van der Waals surface area contributed by atoms with E-state index in [2.05, 4.69) is 0 Å². The van der Waals surface area contributed by atoms with Gasteiger partial charge in [-0.3, -0.25) is 9.59 Å². The van der Waals surface area contributed by atoms with Gasteiger partial charge in [-0.1, -0.05) is 26.7 Å². The molecule has 0 aromatic heterocycles. The van der Waals surface area contributed by atoms with Gasteiger partial charge in [0.2, 0.25) is 0 Å². The van der Waals surface area contributed by atoms with E-state index >= 15 is 0 Å². The number of ether oxygens (including phenoxy) is 2. The Morgan fingerprint density at radius 3 is 1.39 bits per heavy atom. The van der Waals surface area contributed by atoms with Crippen LogP contribution < -0.4 is 0 Å². The largest absolute Gasteiger partial charge is 0.462 e. The van der Waals surface area contributed by atoms with E-state index in [4.69, 9.17) is 9.47 Å². The molecular formula is C19H32O4. The molecule has 0 unspecified atom stereocenters. The second-order valence-corrected chi connectivity index (χ2v) is 7.12. The first-order chi connectivity index (χ1) is 11.1. The van der Waals surface area contributed by atoms with Gasteiger partial charge in [0.25, 0.3) is 0 Å². The van der Waals surface area contributed by atoms with Crippen molar-refractivity contribution in [2.75, 3.05) is 0 Å². The normalized spacial score (nSPS) is 21.0. The van der Waals surface area contributed by atoms with Crippen molar-refractivity contribution in [1.29, 1.82) is 0 Å². The highest BCUT2D eigenvalue weighted by Crippen LogP contribution is 2.34. The van der Waals surface area contributed by atoms with E-state index in [-0.39, 0.29) is 24.1 Å². The van der Waals surface area contributed by atoms with E-state index in [1.54, 1.807) is 0 Å². The van der Waals surface area contributed by atoms with Crippen LogP contribution in [0.5, 0.6) is 0 Å². The molecule has 23 heavy (non-hydrogen) atoms. The van der Waals surface area contributed by atoms with E-state index < -0.39 is 5.41 Å². The number of esters is 2. The zero-order valence-electron chi connectivity index (χ0n) is 14.8. The highest BCUT2D eigenvalue weighted by Gasteiger charge is 2.47. The number of hydrogen-bond donors (Lipinski definition) is 0. The van der Waals surface area contributed by atoms with Crippen LogP contribution in [-0.2, 0) is 19.1 Å². The number of rotatable bonds is 6. The zero-order valence-corrected chi connectivity index (χ0v) is 14.8. The van der Waals surface area contributed by atoms with Gasteiger partial charge in [0.15, 0.2) is 5.41 Å². The van der Waals surface area contributed by atoms with Gasteiger partial charge in [-0.05, 0) is 64.2 Å². The fourth-order valence-electron chi connectivity index (χ4n) is 3.80. The van der Waals surface area contributed by atoms with Crippen LogP contribution in [0, 0.1) is 5.41 Å². The molecule has 2 aliphatic carbocycles. The van der Waals surface area contributed by atoms with Gasteiger partial charge in [0.05, 0.1) is 0 Å². The third-order valence-electron chi connectivity index (χ3n) is 5.64. The number of carbonyl (C=O) groups is 2. The molecule has 0 saturated heterocycles. The zero-order chi connectivity index (χ0) is 16.7. The van der Waals surface area contributed by atoms with Crippen LogP contribution in [-0.4, -0.2) is 24.1 Å². The predicted octanol–water partition coefficient (Wildman–Crippen LogP) is 4.54. The molecule has 2 aliphatic rings. The van der Waals surface area contributed by atoms with Gasteiger partial charge in [-0.2, -0.15) is 0 Å². The second kappa shape index (κ2) is 8.70. The first-order valence-electron chi connectivity index (χ1n) is 9.54. The van der Waals surface area contributed by atoms with Crippen molar-refractivity contribution in [2.45, 2.75) is 103 Å². The Balaban J connectivity index is 2.00. The maximum absolute atomic E-state index is 12.8. The molecule has 0 N–H and O–H groups in total. The fourth-order valence-corrected chi connectivity index (χ4v) is 3.80. The summed E-state index contributed by atoms with van der Waals surface area (Å²) < 4.78 is 11.4. The predicted molar refractivity (Wildman–Crippen MR) is 88.9 cm³/mol. The summed E-state index contributed by atoms with van der Waals surface area (Å²) in [4.78, 5) is 25.5. The Morgan fingerprint density at radius 1 is 0.739 bits per heavy atom. The van der Waals surface area contributed by atoms with Crippen LogP contribution in [0.25, 0.3) is 0 Å². The Bertz CT molecular complexity index is 354. The Morgan fingerprint density at radius 2 is 1.09 bits per heavy atom. The quantitative estimate of drug-likeness (QED) is 0.531. The molecule has 0 radical (unpaired) electrons. The van der Waals surface area contributed by atoms with Crippen molar-refractivity contribution < 1.29 is 19.1 Å². The van der Waals surface area contributed by atoms with Gasteiger partial charge in [-0.15, -0.1) is 0 Å². The summed E-state index contributed by atoms with van der Waals surface area (Å²) >= 11 is 0. The lowest BCUT2D eigenvalue weighted by molar-refractivity contribution is -0.181. The summed E-state index contributed by atoms with van der Waals surface area (Å²) in [6.07, 6.45) is 11.4. The van der Waals surface area contributed by atoms with E-state index in [9.17, 15) is 9.59 Å². The smallest absolute Gasteiger partial charge is 0.323 e. The molecule has 0 aromatic carbocycles. The lowest BCUT2D eigenvalue weighted by Crippen LogP contribution is -2.44. The maximum atomic E-state index is 12.8. The van der Waals surface area contributed by atoms with Crippen molar-refractivity contribution >= 4 is 11.9 Å². The molecule has 0 atom stereocenters. The fraction of sp³-hybridized carbons (Fsp3) is 0.895. The summed E-state index contributed by atoms with van der Waals surface area (Å²) in [5.74, 6) is -0.731. The van der Waals surface area contributed by atoms with E-state index in [1.807, 2.05) is 13.8 Å². The molecule has 0 heterocycles. The highest BCUT2D eigenvalue weighted by atomic mass is 16.6. The van der Waals surface area contributed by atoms with Gasteiger partial charge in [0, 0.05) is 0 Å². The summed E-state index contributed by atoms with van der Waals surface area (Å²) in [6, 6.07) is 0. The molecule has 4 heteroatoms. The summed E-state index contributed by atoms with van der Waals surface area (Å²) in [7, 11) is 0. The average Bonchev–Trinajstić information content (AvgIpc) is 2.58. The van der Waals surface area contributed by atoms with Crippen LogP contribution in [0.2, 0.25) is 0 Å². The van der Waals surface area contributed by atoms with Crippen LogP contribution in [0.15, 0.2) is 0 Å². The third-order valence-corrected chi connectivity index (χ3v) is 5.64. The lowest BCUT2D eigenvalue weighted by Gasteiger charge is -2.32. The van der Waals surface area contributed by atoms with Gasteiger partial charge >= 0.3 is 11.9 Å². The highest BCUT2D eigenvalue weighted by molar-refractivity contribution is 6.00. The van der Waals surface area contributed by atoms with Crippen molar-refractivity contribution in [1.82, 2.24) is 0 Å². The van der Waals surface area contributed by atoms with Crippen molar-refractivity contribution in [2.24, 2.45) is 5.41 Å². The molecule has 2 rings (SSSR count). The minimum Gasteiger partial charge on any atom is -0.462 e. The molecule has 0 spiro atoms. The van der Waals surface area contributed by atoms with Crippen LogP contribution >= 0.6 is 0 Å². The Kier molecular flexibility index (Phi) is 6.91. The molecule has 2 fully saturated rings. The standard InChI is InChI=1S/C19H32O4/c1-3-19(4-2,17(20)22-15-11-7-5-8-12-15)18(21)23-16-13-9-6-10-14-16/h15-16H,3-14H2,1-2H3. The Hall–Kier alpha value is -1.06. The monoisotopic (exact) mass is 324 g/mol. The summed E-state index contributed by atoms with van der Waals surface area (Å²) in [5, 5.41) is 0. The topological polar surface area (TPSA) is 52.6 Å². The van der Waals surface area contributed by atoms with Gasteiger partial charge in [0.1, 0.15) is 12.2 Å². The van der Waals surface area contributed by atoms with Crippen molar-refractivity contribution in [3.63, 3.8) is 0 Å². The average molecular weight is 324 g/mol. The lowest BCUT2D eigenvalue weighted by atomic mass is 9.82. The second-order valence-electron chi connectivity index (χ2n) is 7.12. The van der Waals surface area contributed by atoms with E-state index in [1.165, 1.54) is 12.8 Å². The minimum absolute atomic E-state index is 0.0174. The molecule has 2 saturated carbocycles. The van der Waals surface area contributed by atoms with E-state index in [0.29, 0.717) is 12.8 Å². The molecule has 0 bridgehead atoms. The molecule has 4 nitrogen and oxygen atoms in total. The third kappa shape index (κ3) is 4.48. The molecule has 0 amide bonds. The molecule has 0 aliphatic heterocycles. The Labute approximate surface area is 140 Å². The molecule has 0 aromatic rings. The summed E-state index contributed by atoms with van der Waals surface area (Å²) in [5.41, 5.74) is -1.12. The van der Waals surface area contributed by atoms with Crippen LogP contribution in [0.1, 0.15) is 90.9 Å². The number of hydrogen-bond acceptors (Lipinski definition) is 4. The van der Waals surface area contributed by atoms with Crippen molar-refractivity contribution in [3.05, 3.63) is 0 Å². The SMILES string of the molecule is CCC(CC)(C(=O)OC1CCCCC1)C(=O)OC1CCCCC1. The summed E-state index contributed by atoms with van der Waals surface area (Å²) in [6.45, 7) is 3.77. The first kappa shape index (κ1) is 18.3. The van der Waals surface area contributed by atoms with Gasteiger partial charge in [-0.25, -0.2) is 0 Å². The molecule has 132 valence electrons. The molecular weight excluding hydrogens is 292 g/mol. The first-order valence-corrected chi connectivity index (χ1v) is 9.54.